The summed E-state index contributed by atoms with van der Waals surface area (Å²) in [6.45, 7) is 4.50. The van der Waals surface area contributed by atoms with E-state index in [1.807, 2.05) is 13.8 Å². The van der Waals surface area contributed by atoms with Crippen LogP contribution in [0.5, 0.6) is 0 Å². The Labute approximate surface area is 155 Å². The lowest BCUT2D eigenvalue weighted by molar-refractivity contribution is -0.138. The summed E-state index contributed by atoms with van der Waals surface area (Å²) < 4.78 is 11.9. The molecule has 1 aliphatic heterocycles. The Morgan fingerprint density at radius 1 is 1.19 bits per heavy atom. The highest BCUT2D eigenvalue weighted by Gasteiger charge is 2.32. The summed E-state index contributed by atoms with van der Waals surface area (Å²) >= 11 is 1.22. The predicted octanol–water partition coefficient (Wildman–Crippen LogP) is 2.14. The van der Waals surface area contributed by atoms with Crippen LogP contribution in [0.2, 0.25) is 0 Å². The topological polar surface area (TPSA) is 77.8 Å². The summed E-state index contributed by atoms with van der Waals surface area (Å²) in [5.41, 5.74) is 0.733. The standard InChI is InChI=1S/C18H20N2O5S/c1-11-9-19(10-12(2)25-11)17(22)15(21)13-5-4-7-20(13)14-6-8-26-16(14)18(23)24-3/h4-8,11-12H,9-10H2,1-3H3/t11-,12-/m0/s1. The maximum absolute atomic E-state index is 12.8. The molecule has 2 aromatic heterocycles. The second kappa shape index (κ2) is 7.43. The van der Waals surface area contributed by atoms with Crippen molar-refractivity contribution >= 4 is 29.0 Å². The van der Waals surface area contributed by atoms with Crippen LogP contribution in [0, 0.1) is 0 Å². The quantitative estimate of drug-likeness (QED) is 0.464. The highest BCUT2D eigenvalue weighted by molar-refractivity contribution is 7.12. The van der Waals surface area contributed by atoms with Crippen LogP contribution in [0.25, 0.3) is 5.69 Å². The Balaban J connectivity index is 1.89. The second-order valence-corrected chi connectivity index (χ2v) is 7.10. The first kappa shape index (κ1) is 18.3. The highest BCUT2D eigenvalue weighted by atomic mass is 32.1. The number of hydrogen-bond acceptors (Lipinski definition) is 6. The molecular formula is C18H20N2O5S. The largest absolute Gasteiger partial charge is 0.465 e. The van der Waals surface area contributed by atoms with E-state index >= 15 is 0 Å². The summed E-state index contributed by atoms with van der Waals surface area (Å²) in [5.74, 6) is -1.66. The minimum atomic E-state index is -0.613. The van der Waals surface area contributed by atoms with Crippen LogP contribution in [-0.4, -0.2) is 59.5 Å². The van der Waals surface area contributed by atoms with Crippen LogP contribution in [0.1, 0.15) is 34.0 Å². The van der Waals surface area contributed by atoms with Gasteiger partial charge in [0.2, 0.25) is 0 Å². The third kappa shape index (κ3) is 3.42. The number of ketones is 1. The fourth-order valence-corrected chi connectivity index (χ4v) is 3.91. The normalized spacial score (nSPS) is 20.0. The number of nitrogens with zero attached hydrogens (tertiary/aromatic N) is 2. The minimum absolute atomic E-state index is 0.120. The number of amides is 1. The number of hydrogen-bond donors (Lipinski definition) is 0. The molecule has 3 heterocycles. The molecule has 0 saturated carbocycles. The van der Waals surface area contributed by atoms with Crippen LogP contribution in [0.4, 0.5) is 0 Å². The summed E-state index contributed by atoms with van der Waals surface area (Å²) in [5, 5.41) is 1.74. The van der Waals surface area contributed by atoms with E-state index in [1.54, 1.807) is 34.3 Å². The van der Waals surface area contributed by atoms with E-state index in [4.69, 9.17) is 9.47 Å². The van der Waals surface area contributed by atoms with E-state index in [-0.39, 0.29) is 17.9 Å². The van der Waals surface area contributed by atoms with Crippen LogP contribution in [0.3, 0.4) is 0 Å². The maximum Gasteiger partial charge on any atom is 0.350 e. The zero-order valence-corrected chi connectivity index (χ0v) is 15.6. The number of ether oxygens (including phenoxy) is 2. The Morgan fingerprint density at radius 2 is 1.88 bits per heavy atom. The maximum atomic E-state index is 12.8. The number of thiophene rings is 1. The average molecular weight is 376 g/mol. The van der Waals surface area contributed by atoms with E-state index < -0.39 is 17.7 Å². The molecule has 8 heteroatoms. The molecule has 7 nitrogen and oxygen atoms in total. The molecule has 2 aromatic rings. The molecule has 26 heavy (non-hydrogen) atoms. The van der Waals surface area contributed by atoms with Crippen LogP contribution in [-0.2, 0) is 14.3 Å². The molecule has 0 aromatic carbocycles. The monoisotopic (exact) mass is 376 g/mol. The fraction of sp³-hybridized carbons (Fsp3) is 0.389. The molecule has 0 N–H and O–H groups in total. The molecule has 0 unspecified atom stereocenters. The molecule has 0 spiro atoms. The molecular weight excluding hydrogens is 356 g/mol. The van der Waals surface area contributed by atoms with Crippen molar-refractivity contribution in [3.05, 3.63) is 40.3 Å². The predicted molar refractivity (Wildman–Crippen MR) is 95.9 cm³/mol. The minimum Gasteiger partial charge on any atom is -0.465 e. The van der Waals surface area contributed by atoms with Gasteiger partial charge in [-0.3, -0.25) is 9.59 Å². The van der Waals surface area contributed by atoms with Gasteiger partial charge in [-0.2, -0.15) is 0 Å². The van der Waals surface area contributed by atoms with E-state index in [0.717, 1.165) is 0 Å². The van der Waals surface area contributed by atoms with Crippen molar-refractivity contribution in [3.8, 4) is 5.69 Å². The number of Topliss-reactive ketones (excluding diaryl/α,β-unsaturated/α-hetero) is 1. The molecule has 138 valence electrons. The Hall–Kier alpha value is -2.45. The molecule has 1 amide bonds. The van der Waals surface area contributed by atoms with E-state index in [2.05, 4.69) is 0 Å². The molecule has 2 atom stereocenters. The van der Waals surface area contributed by atoms with Crippen molar-refractivity contribution in [2.75, 3.05) is 20.2 Å². The summed E-state index contributed by atoms with van der Waals surface area (Å²) in [4.78, 5) is 39.3. The van der Waals surface area contributed by atoms with Gasteiger partial charge in [0.25, 0.3) is 11.7 Å². The van der Waals surface area contributed by atoms with E-state index in [1.165, 1.54) is 23.3 Å². The Kier molecular flexibility index (Phi) is 5.24. The number of esters is 1. The van der Waals surface area contributed by atoms with Gasteiger partial charge in [-0.25, -0.2) is 4.79 Å². The van der Waals surface area contributed by atoms with Gasteiger partial charge in [0.05, 0.1) is 30.7 Å². The van der Waals surface area contributed by atoms with Gasteiger partial charge >= 0.3 is 5.97 Å². The average Bonchev–Trinajstić information content (AvgIpc) is 3.27. The van der Waals surface area contributed by atoms with Crippen molar-refractivity contribution in [1.82, 2.24) is 9.47 Å². The Morgan fingerprint density at radius 3 is 2.54 bits per heavy atom. The number of aromatic nitrogens is 1. The van der Waals surface area contributed by atoms with Gasteiger partial charge in [0, 0.05) is 19.3 Å². The van der Waals surface area contributed by atoms with E-state index in [0.29, 0.717) is 23.7 Å². The summed E-state index contributed by atoms with van der Waals surface area (Å²) in [7, 11) is 1.30. The first-order valence-electron chi connectivity index (χ1n) is 8.25. The SMILES string of the molecule is COC(=O)c1sccc1-n1cccc1C(=O)C(=O)N1C[C@H](C)O[C@@H](C)C1. The van der Waals surface area contributed by atoms with Crippen molar-refractivity contribution in [1.29, 1.82) is 0 Å². The fourth-order valence-electron chi connectivity index (χ4n) is 3.11. The van der Waals surface area contributed by atoms with Crippen molar-refractivity contribution in [2.45, 2.75) is 26.1 Å². The number of carbonyl (C=O) groups excluding carboxylic acids is 3. The van der Waals surface area contributed by atoms with Gasteiger partial charge in [0.1, 0.15) is 4.88 Å². The third-order valence-corrected chi connectivity index (χ3v) is 5.04. The summed E-state index contributed by atoms with van der Waals surface area (Å²) in [6, 6.07) is 4.97. The summed E-state index contributed by atoms with van der Waals surface area (Å²) in [6.07, 6.45) is 1.41. The lowest BCUT2D eigenvalue weighted by Crippen LogP contribution is -2.50. The van der Waals surface area contributed by atoms with Crippen molar-refractivity contribution < 1.29 is 23.9 Å². The lowest BCUT2D eigenvalue weighted by Gasteiger charge is -2.34. The molecule has 1 saturated heterocycles. The molecule has 0 bridgehead atoms. The first-order chi connectivity index (χ1) is 12.4. The van der Waals surface area contributed by atoms with Crippen LogP contribution in [0.15, 0.2) is 29.8 Å². The van der Waals surface area contributed by atoms with Crippen LogP contribution < -0.4 is 0 Å². The highest BCUT2D eigenvalue weighted by Crippen LogP contribution is 2.24. The zero-order valence-electron chi connectivity index (χ0n) is 14.8. The number of morpholine rings is 1. The first-order valence-corrected chi connectivity index (χ1v) is 9.13. The molecule has 0 aliphatic carbocycles. The van der Waals surface area contributed by atoms with E-state index in [9.17, 15) is 14.4 Å². The molecule has 0 radical (unpaired) electrons. The van der Waals surface area contributed by atoms with Crippen molar-refractivity contribution in [2.24, 2.45) is 0 Å². The zero-order chi connectivity index (χ0) is 18.8. The van der Waals surface area contributed by atoms with Crippen molar-refractivity contribution in [3.63, 3.8) is 0 Å². The smallest absolute Gasteiger partial charge is 0.350 e. The number of rotatable bonds is 4. The second-order valence-electron chi connectivity index (χ2n) is 6.19. The number of carbonyl (C=O) groups is 3. The molecule has 3 rings (SSSR count). The van der Waals surface area contributed by atoms with Crippen LogP contribution >= 0.6 is 11.3 Å². The van der Waals surface area contributed by atoms with Gasteiger partial charge in [-0.05, 0) is 37.4 Å². The number of methoxy groups -OCH3 is 1. The molecule has 1 fully saturated rings. The molecule has 1 aliphatic rings. The lowest BCUT2D eigenvalue weighted by atomic mass is 10.2. The Bertz CT molecular complexity index is 830. The van der Waals surface area contributed by atoms with Gasteiger partial charge in [-0.1, -0.05) is 0 Å². The van der Waals surface area contributed by atoms with Gasteiger partial charge < -0.3 is 18.9 Å². The van der Waals surface area contributed by atoms with Gasteiger partial charge in [0.15, 0.2) is 0 Å². The third-order valence-electron chi connectivity index (χ3n) is 4.16. The van der Waals surface area contributed by atoms with Gasteiger partial charge in [-0.15, -0.1) is 11.3 Å².